The molecule has 2 rings (SSSR count). The van der Waals surface area contributed by atoms with E-state index in [0.29, 0.717) is 0 Å². The molecule has 4 heteroatoms. The minimum atomic E-state index is 1.08. The highest BCUT2D eigenvalue weighted by Gasteiger charge is 2.16. The molecule has 0 amide bonds. The van der Waals surface area contributed by atoms with Gasteiger partial charge in [0.25, 0.3) is 0 Å². The van der Waals surface area contributed by atoms with E-state index in [9.17, 15) is 0 Å². The van der Waals surface area contributed by atoms with Gasteiger partial charge >= 0.3 is 0 Å². The molecule has 0 aromatic rings. The molecule has 1 fully saturated rings. The first-order valence-electron chi connectivity index (χ1n) is 7.67. The molecule has 2 aliphatic rings. The minimum Gasteiger partial charge on any atom is -0.360 e. The molecular formula is C15H32N4. The topological polar surface area (TPSA) is 22.1 Å². The van der Waals surface area contributed by atoms with Crippen molar-refractivity contribution >= 4 is 5.84 Å². The van der Waals surface area contributed by atoms with Crippen LogP contribution < -0.4 is 0 Å². The molecule has 4 nitrogen and oxygen atoms in total. The second kappa shape index (κ2) is 9.32. The molecule has 0 atom stereocenters. The number of aliphatic imine (C=N–C) groups is 1. The van der Waals surface area contributed by atoms with Gasteiger partial charge in [-0.1, -0.05) is 6.42 Å². The van der Waals surface area contributed by atoms with Crippen LogP contribution in [0.5, 0.6) is 0 Å². The van der Waals surface area contributed by atoms with E-state index in [1.807, 2.05) is 0 Å². The first-order valence-corrected chi connectivity index (χ1v) is 7.67. The molecule has 0 aromatic heterocycles. The third-order valence-electron chi connectivity index (χ3n) is 3.57. The summed E-state index contributed by atoms with van der Waals surface area (Å²) in [6, 6.07) is 0. The average Bonchev–Trinajstić information content (AvgIpc) is 2.62. The van der Waals surface area contributed by atoms with E-state index < -0.39 is 0 Å². The Labute approximate surface area is 119 Å². The van der Waals surface area contributed by atoms with Crippen molar-refractivity contribution in [3.05, 3.63) is 0 Å². The molecule has 0 aromatic carbocycles. The van der Waals surface area contributed by atoms with Gasteiger partial charge in [0.15, 0.2) is 0 Å². The zero-order chi connectivity index (χ0) is 14.1. The third-order valence-corrected chi connectivity index (χ3v) is 3.57. The Morgan fingerprint density at radius 3 is 2.16 bits per heavy atom. The van der Waals surface area contributed by atoms with Crippen molar-refractivity contribution < 1.29 is 0 Å². The van der Waals surface area contributed by atoms with Crippen LogP contribution in [0.3, 0.4) is 0 Å². The van der Waals surface area contributed by atoms with Crippen LogP contribution in [0.25, 0.3) is 0 Å². The van der Waals surface area contributed by atoms with Gasteiger partial charge in [0.1, 0.15) is 0 Å². The molecule has 0 unspecified atom stereocenters. The van der Waals surface area contributed by atoms with Crippen LogP contribution in [-0.4, -0.2) is 81.4 Å². The van der Waals surface area contributed by atoms with Crippen molar-refractivity contribution in [2.75, 3.05) is 60.9 Å². The van der Waals surface area contributed by atoms with Gasteiger partial charge in [-0.25, -0.2) is 0 Å². The zero-order valence-corrected chi connectivity index (χ0v) is 13.4. The number of rotatable bonds is 3. The van der Waals surface area contributed by atoms with Crippen LogP contribution in [0.4, 0.5) is 0 Å². The van der Waals surface area contributed by atoms with Crippen LogP contribution in [0.2, 0.25) is 0 Å². The molecule has 2 aliphatic heterocycles. The monoisotopic (exact) mass is 268 g/mol. The second-order valence-corrected chi connectivity index (χ2v) is 6.06. The normalized spacial score (nSPS) is 19.5. The van der Waals surface area contributed by atoms with Gasteiger partial charge in [-0.2, -0.15) is 0 Å². The summed E-state index contributed by atoms with van der Waals surface area (Å²) in [5, 5.41) is 0. The fourth-order valence-electron chi connectivity index (χ4n) is 2.34. The van der Waals surface area contributed by atoms with Crippen molar-refractivity contribution in [3.63, 3.8) is 0 Å². The number of fused-ring (bicyclic) bond motifs is 1. The molecular weight excluding hydrogens is 236 g/mol. The maximum absolute atomic E-state index is 4.55. The van der Waals surface area contributed by atoms with Crippen molar-refractivity contribution in [2.24, 2.45) is 4.99 Å². The Morgan fingerprint density at radius 2 is 1.53 bits per heavy atom. The molecule has 2 heterocycles. The van der Waals surface area contributed by atoms with Gasteiger partial charge in [-0.05, 0) is 47.5 Å². The smallest absolute Gasteiger partial charge is 0.0988 e. The maximum atomic E-state index is 4.55. The number of likely N-dealkylation sites (N-methyl/N-ethyl adjacent to an activating group) is 2. The standard InChI is InChI=1S/C9H16N2.C6H16N2/c1-2-5-9-10-6-4-8-11(9)7-3-1;1-7(2)5-6-8(3)4/h1-8H2;5-6H2,1-4H3. The molecule has 0 N–H and O–H groups in total. The lowest BCUT2D eigenvalue weighted by molar-refractivity contribution is 0.320. The second-order valence-electron chi connectivity index (χ2n) is 6.06. The molecule has 1 saturated heterocycles. The quantitative estimate of drug-likeness (QED) is 0.779. The van der Waals surface area contributed by atoms with E-state index in [-0.39, 0.29) is 0 Å². The highest BCUT2D eigenvalue weighted by atomic mass is 15.2. The van der Waals surface area contributed by atoms with E-state index in [2.05, 4.69) is 47.9 Å². The fraction of sp³-hybridized carbons (Fsp3) is 0.933. The largest absolute Gasteiger partial charge is 0.360 e. The van der Waals surface area contributed by atoms with Gasteiger partial charge in [-0.3, -0.25) is 4.99 Å². The van der Waals surface area contributed by atoms with Gasteiger partial charge in [-0.15, -0.1) is 0 Å². The van der Waals surface area contributed by atoms with Gasteiger partial charge in [0.05, 0.1) is 5.84 Å². The van der Waals surface area contributed by atoms with Crippen molar-refractivity contribution in [1.29, 1.82) is 0 Å². The summed E-state index contributed by atoms with van der Waals surface area (Å²) in [5.74, 6) is 1.40. The lowest BCUT2D eigenvalue weighted by Gasteiger charge is -2.27. The lowest BCUT2D eigenvalue weighted by Crippen LogP contribution is -2.34. The van der Waals surface area contributed by atoms with E-state index in [4.69, 9.17) is 0 Å². The predicted octanol–water partition coefficient (Wildman–Crippen LogP) is 1.77. The number of nitrogens with zero attached hydrogens (tertiary/aromatic N) is 4. The van der Waals surface area contributed by atoms with Gasteiger partial charge < -0.3 is 14.7 Å². The van der Waals surface area contributed by atoms with E-state index >= 15 is 0 Å². The summed E-state index contributed by atoms with van der Waals surface area (Å²) in [6.45, 7) is 5.89. The van der Waals surface area contributed by atoms with Crippen molar-refractivity contribution in [1.82, 2.24) is 14.7 Å². The molecule has 0 saturated carbocycles. The highest BCUT2D eigenvalue weighted by molar-refractivity contribution is 5.83. The Kier molecular flexibility index (Phi) is 8.07. The third kappa shape index (κ3) is 7.53. The van der Waals surface area contributed by atoms with Crippen LogP contribution in [0, 0.1) is 0 Å². The van der Waals surface area contributed by atoms with E-state index in [0.717, 1.165) is 19.6 Å². The number of amidine groups is 1. The Hall–Kier alpha value is -0.610. The molecule has 0 radical (unpaired) electrons. The Morgan fingerprint density at radius 1 is 0.895 bits per heavy atom. The molecule has 0 spiro atoms. The molecule has 112 valence electrons. The average molecular weight is 268 g/mol. The summed E-state index contributed by atoms with van der Waals surface area (Å²) in [5.41, 5.74) is 0. The number of hydrogen-bond donors (Lipinski definition) is 0. The predicted molar refractivity (Wildman–Crippen MR) is 84.1 cm³/mol. The number of hydrogen-bond acceptors (Lipinski definition) is 4. The highest BCUT2D eigenvalue weighted by Crippen LogP contribution is 2.15. The Balaban J connectivity index is 0.000000203. The maximum Gasteiger partial charge on any atom is 0.0988 e. The van der Waals surface area contributed by atoms with Crippen molar-refractivity contribution in [2.45, 2.75) is 32.1 Å². The van der Waals surface area contributed by atoms with E-state index in [1.54, 1.807) is 0 Å². The van der Waals surface area contributed by atoms with E-state index in [1.165, 1.54) is 51.0 Å². The lowest BCUT2D eigenvalue weighted by atomic mass is 10.2. The zero-order valence-electron chi connectivity index (χ0n) is 13.4. The molecule has 0 aliphatic carbocycles. The molecule has 0 bridgehead atoms. The minimum absolute atomic E-state index is 1.08. The van der Waals surface area contributed by atoms with Crippen LogP contribution in [0.1, 0.15) is 32.1 Å². The van der Waals surface area contributed by atoms with Crippen LogP contribution in [-0.2, 0) is 0 Å². The SMILES string of the molecule is C1CCC2=NCCCN2CC1.CN(C)CCN(C)C. The van der Waals surface area contributed by atoms with Gasteiger partial charge in [0.2, 0.25) is 0 Å². The first kappa shape index (κ1) is 16.4. The van der Waals surface area contributed by atoms with Gasteiger partial charge in [0, 0.05) is 39.1 Å². The summed E-state index contributed by atoms with van der Waals surface area (Å²) < 4.78 is 0. The van der Waals surface area contributed by atoms with Crippen LogP contribution >= 0.6 is 0 Å². The summed E-state index contributed by atoms with van der Waals surface area (Å²) in [7, 11) is 8.35. The summed E-state index contributed by atoms with van der Waals surface area (Å²) in [6.07, 6.45) is 6.63. The fourth-order valence-corrected chi connectivity index (χ4v) is 2.34. The summed E-state index contributed by atoms with van der Waals surface area (Å²) >= 11 is 0. The molecule has 19 heavy (non-hydrogen) atoms. The Bertz CT molecular complexity index is 253. The first-order chi connectivity index (χ1) is 9.09. The van der Waals surface area contributed by atoms with Crippen LogP contribution in [0.15, 0.2) is 4.99 Å². The summed E-state index contributed by atoms with van der Waals surface area (Å²) in [4.78, 5) is 11.4. The van der Waals surface area contributed by atoms with Crippen molar-refractivity contribution in [3.8, 4) is 0 Å².